The second kappa shape index (κ2) is 9.00. The number of carbonyl (C=O) groups excluding carboxylic acids is 1. The van der Waals surface area contributed by atoms with Crippen LogP contribution in [0, 0.1) is 0 Å². The van der Waals surface area contributed by atoms with E-state index in [0.717, 1.165) is 57.3 Å². The van der Waals surface area contributed by atoms with Gasteiger partial charge in [-0.15, -0.1) is 0 Å². The third-order valence-corrected chi connectivity index (χ3v) is 5.97. The minimum absolute atomic E-state index is 0.431. The van der Waals surface area contributed by atoms with Crippen LogP contribution in [-0.4, -0.2) is 77.8 Å². The number of hydrogen-bond acceptors (Lipinski definition) is 6. The number of primary amides is 1. The summed E-state index contributed by atoms with van der Waals surface area (Å²) in [4.78, 5) is 23.7. The van der Waals surface area contributed by atoms with Crippen LogP contribution in [0.2, 0.25) is 0 Å². The molecule has 0 spiro atoms. The van der Waals surface area contributed by atoms with Crippen LogP contribution in [0.3, 0.4) is 0 Å². The molecule has 1 aromatic carbocycles. The zero-order valence-electron chi connectivity index (χ0n) is 17.3. The van der Waals surface area contributed by atoms with Crippen molar-refractivity contribution in [1.29, 1.82) is 0 Å². The number of benzene rings is 1. The van der Waals surface area contributed by atoms with E-state index < -0.39 is 6.09 Å². The van der Waals surface area contributed by atoms with Gasteiger partial charge in [0.05, 0.1) is 5.52 Å². The fourth-order valence-electron chi connectivity index (χ4n) is 4.50. The molecule has 2 aliphatic rings. The lowest BCUT2D eigenvalue weighted by atomic mass is 10.3. The highest BCUT2D eigenvalue weighted by atomic mass is 16.5. The van der Waals surface area contributed by atoms with E-state index in [1.165, 1.54) is 32.4 Å². The molecule has 1 amide bonds. The number of rotatable bonds is 7. The van der Waals surface area contributed by atoms with Crippen molar-refractivity contribution in [1.82, 2.24) is 19.4 Å². The summed E-state index contributed by atoms with van der Waals surface area (Å²) in [5.41, 5.74) is 6.97. The van der Waals surface area contributed by atoms with E-state index in [1.807, 2.05) is 6.07 Å². The van der Waals surface area contributed by atoms with E-state index in [9.17, 15) is 4.79 Å². The van der Waals surface area contributed by atoms with E-state index in [-0.39, 0.29) is 0 Å². The minimum Gasteiger partial charge on any atom is -0.408 e. The molecule has 2 saturated heterocycles. The van der Waals surface area contributed by atoms with Gasteiger partial charge in [0, 0.05) is 39.3 Å². The largest absolute Gasteiger partial charge is 0.410 e. The van der Waals surface area contributed by atoms with Gasteiger partial charge in [0.25, 0.3) is 0 Å². The van der Waals surface area contributed by atoms with Crippen molar-refractivity contribution in [2.45, 2.75) is 32.7 Å². The van der Waals surface area contributed by atoms with Crippen molar-refractivity contribution in [2.75, 3.05) is 57.3 Å². The van der Waals surface area contributed by atoms with Crippen LogP contribution in [0.4, 0.5) is 10.7 Å². The van der Waals surface area contributed by atoms with Gasteiger partial charge in [-0.2, -0.15) is 0 Å². The number of piperazine rings is 1. The van der Waals surface area contributed by atoms with Crippen molar-refractivity contribution in [3.8, 4) is 5.75 Å². The Kier molecular flexibility index (Phi) is 6.20. The molecule has 158 valence electrons. The number of fused-ring (bicyclic) bond motifs is 1. The van der Waals surface area contributed by atoms with E-state index >= 15 is 0 Å². The van der Waals surface area contributed by atoms with Crippen molar-refractivity contribution in [2.24, 2.45) is 5.73 Å². The lowest BCUT2D eigenvalue weighted by Crippen LogP contribution is -2.47. The highest BCUT2D eigenvalue weighted by Crippen LogP contribution is 2.30. The Bertz CT molecular complexity index is 837. The van der Waals surface area contributed by atoms with Crippen LogP contribution in [0.1, 0.15) is 26.2 Å². The molecule has 3 heterocycles. The molecule has 0 radical (unpaired) electrons. The van der Waals surface area contributed by atoms with E-state index in [4.69, 9.17) is 15.5 Å². The Balaban J connectivity index is 1.63. The zero-order chi connectivity index (χ0) is 20.2. The lowest BCUT2D eigenvalue weighted by molar-refractivity contribution is 0.211. The number of amides is 1. The zero-order valence-corrected chi connectivity index (χ0v) is 17.3. The molecular weight excluding hydrogens is 368 g/mol. The predicted octanol–water partition coefficient (Wildman–Crippen LogP) is 2.12. The molecule has 8 heteroatoms. The molecule has 2 aromatic rings. The molecule has 2 aliphatic heterocycles. The minimum atomic E-state index is -0.807. The van der Waals surface area contributed by atoms with Crippen LogP contribution in [0.15, 0.2) is 18.2 Å². The van der Waals surface area contributed by atoms with Gasteiger partial charge in [-0.05, 0) is 51.0 Å². The van der Waals surface area contributed by atoms with E-state index in [1.54, 1.807) is 6.07 Å². The first-order valence-electron chi connectivity index (χ1n) is 10.8. The summed E-state index contributed by atoms with van der Waals surface area (Å²) in [6.07, 6.45) is 2.95. The Morgan fingerprint density at radius 2 is 1.76 bits per heavy atom. The van der Waals surface area contributed by atoms with Crippen molar-refractivity contribution >= 4 is 23.1 Å². The SMILES string of the molecule is CCCN1CCN(c2nc3c(OC(N)=O)cccc3n2CCN2CCCC2)CC1. The quantitative estimate of drug-likeness (QED) is 0.767. The number of likely N-dealkylation sites (tertiary alicyclic amines) is 1. The van der Waals surface area contributed by atoms with Crippen molar-refractivity contribution < 1.29 is 9.53 Å². The molecule has 1 aromatic heterocycles. The first-order chi connectivity index (χ1) is 14.2. The van der Waals surface area contributed by atoms with E-state index in [2.05, 4.69) is 32.3 Å². The Morgan fingerprint density at radius 1 is 1.03 bits per heavy atom. The Labute approximate surface area is 172 Å². The third kappa shape index (κ3) is 4.48. The number of nitrogens with two attached hydrogens (primary N) is 1. The standard InChI is InChI=1S/C21H32N6O2/c1-2-8-24-11-14-26(15-12-24)21-23-19-17(6-5-7-18(19)29-20(22)28)27(21)16-13-25-9-3-4-10-25/h5-7H,2-4,8-16H2,1H3,(H2,22,28). The highest BCUT2D eigenvalue weighted by molar-refractivity contribution is 5.87. The fraction of sp³-hybridized carbons (Fsp3) is 0.619. The van der Waals surface area contributed by atoms with Crippen LogP contribution in [0.25, 0.3) is 11.0 Å². The second-order valence-corrected chi connectivity index (χ2v) is 7.99. The van der Waals surface area contributed by atoms with Gasteiger partial charge in [-0.1, -0.05) is 13.0 Å². The average molecular weight is 401 g/mol. The highest BCUT2D eigenvalue weighted by Gasteiger charge is 2.24. The normalized spacial score (nSPS) is 18.6. The summed E-state index contributed by atoms with van der Waals surface area (Å²) >= 11 is 0. The maximum Gasteiger partial charge on any atom is 0.410 e. The molecule has 0 bridgehead atoms. The number of nitrogens with zero attached hydrogens (tertiary/aromatic N) is 5. The number of anilines is 1. The predicted molar refractivity (Wildman–Crippen MR) is 115 cm³/mol. The van der Waals surface area contributed by atoms with Crippen molar-refractivity contribution in [3.63, 3.8) is 0 Å². The van der Waals surface area contributed by atoms with Crippen LogP contribution < -0.4 is 15.4 Å². The number of imidazole rings is 1. The van der Waals surface area contributed by atoms with Gasteiger partial charge in [0.2, 0.25) is 5.95 Å². The van der Waals surface area contributed by atoms with Crippen molar-refractivity contribution in [3.05, 3.63) is 18.2 Å². The summed E-state index contributed by atoms with van der Waals surface area (Å²) in [7, 11) is 0. The smallest absolute Gasteiger partial charge is 0.408 e. The monoisotopic (exact) mass is 400 g/mol. The lowest BCUT2D eigenvalue weighted by Gasteiger charge is -2.35. The molecule has 8 nitrogen and oxygen atoms in total. The maximum atomic E-state index is 11.3. The molecule has 0 aliphatic carbocycles. The molecule has 0 atom stereocenters. The molecule has 0 unspecified atom stereocenters. The molecular formula is C21H32N6O2. The van der Waals surface area contributed by atoms with Gasteiger partial charge in [0.15, 0.2) is 5.75 Å². The molecule has 0 saturated carbocycles. The van der Waals surface area contributed by atoms with E-state index in [0.29, 0.717) is 11.3 Å². The average Bonchev–Trinajstić information content (AvgIpc) is 3.35. The van der Waals surface area contributed by atoms with Crippen LogP contribution >= 0.6 is 0 Å². The topological polar surface area (TPSA) is 79.9 Å². The Hall–Kier alpha value is -2.32. The summed E-state index contributed by atoms with van der Waals surface area (Å²) in [5.74, 6) is 1.40. The van der Waals surface area contributed by atoms with Gasteiger partial charge >= 0.3 is 6.09 Å². The number of ether oxygens (including phenoxy) is 1. The first-order valence-corrected chi connectivity index (χ1v) is 10.8. The summed E-state index contributed by atoms with van der Waals surface area (Å²) in [5, 5.41) is 0. The molecule has 2 fully saturated rings. The first kappa shape index (κ1) is 20.0. The van der Waals surface area contributed by atoms with Gasteiger partial charge in [0.1, 0.15) is 5.52 Å². The van der Waals surface area contributed by atoms with Gasteiger partial charge in [-0.3, -0.25) is 4.90 Å². The summed E-state index contributed by atoms with van der Waals surface area (Å²) < 4.78 is 7.52. The Morgan fingerprint density at radius 3 is 2.45 bits per heavy atom. The van der Waals surface area contributed by atoms with Crippen LogP contribution in [-0.2, 0) is 6.54 Å². The molecule has 2 N–H and O–H groups in total. The number of carbonyl (C=O) groups is 1. The summed E-state index contributed by atoms with van der Waals surface area (Å²) in [6, 6.07) is 5.71. The maximum absolute atomic E-state index is 11.3. The van der Waals surface area contributed by atoms with Crippen LogP contribution in [0.5, 0.6) is 5.75 Å². The summed E-state index contributed by atoms with van der Waals surface area (Å²) in [6.45, 7) is 11.6. The molecule has 29 heavy (non-hydrogen) atoms. The second-order valence-electron chi connectivity index (χ2n) is 7.99. The number of para-hydroxylation sites is 1. The number of hydrogen-bond donors (Lipinski definition) is 1. The molecule has 4 rings (SSSR count). The van der Waals surface area contributed by atoms with Gasteiger partial charge in [-0.25, -0.2) is 9.78 Å². The third-order valence-electron chi connectivity index (χ3n) is 5.97. The fourth-order valence-corrected chi connectivity index (χ4v) is 4.50. The van der Waals surface area contributed by atoms with Gasteiger partial charge < -0.3 is 24.8 Å². The number of aromatic nitrogens is 2.